The topological polar surface area (TPSA) is 60.7 Å². The molecule has 188 valence electrons. The Morgan fingerprint density at radius 1 is 0.972 bits per heavy atom. The van der Waals surface area contributed by atoms with Crippen molar-refractivity contribution in [3.05, 3.63) is 83.0 Å². The van der Waals surface area contributed by atoms with Gasteiger partial charge in [0, 0.05) is 34.3 Å². The number of alkyl halides is 3. The molecule has 0 aliphatic heterocycles. The second kappa shape index (κ2) is 9.43. The van der Waals surface area contributed by atoms with Crippen molar-refractivity contribution >= 4 is 28.5 Å². The monoisotopic (exact) mass is 517 g/mol. The van der Waals surface area contributed by atoms with E-state index in [1.54, 1.807) is 36.4 Å². The summed E-state index contributed by atoms with van der Waals surface area (Å²) in [6.07, 6.45) is -4.82. The van der Waals surface area contributed by atoms with Gasteiger partial charge in [0.1, 0.15) is 11.5 Å². The molecule has 1 heterocycles. The number of fused-ring (bicyclic) bond motifs is 1. The molecule has 0 fully saturated rings. The molecule has 0 amide bonds. The number of aliphatic carboxylic acids is 1. The van der Waals surface area contributed by atoms with Gasteiger partial charge in [-0.15, -0.1) is 13.2 Å². The van der Waals surface area contributed by atoms with Crippen molar-refractivity contribution in [2.45, 2.75) is 39.3 Å². The number of carbonyl (C=O) groups is 1. The molecule has 0 unspecified atom stereocenters. The van der Waals surface area contributed by atoms with Crippen LogP contribution < -0.4 is 9.47 Å². The fourth-order valence-electron chi connectivity index (χ4n) is 4.07. The molecule has 0 atom stereocenters. The van der Waals surface area contributed by atoms with E-state index >= 15 is 0 Å². The molecule has 0 bridgehead atoms. The van der Waals surface area contributed by atoms with Crippen molar-refractivity contribution in [2.24, 2.45) is 0 Å². The lowest BCUT2D eigenvalue weighted by molar-refractivity contribution is -0.274. The van der Waals surface area contributed by atoms with Gasteiger partial charge in [0.2, 0.25) is 0 Å². The maximum Gasteiger partial charge on any atom is 0.573 e. The number of carboxylic acids is 1. The second-order valence-electron chi connectivity index (χ2n) is 8.85. The van der Waals surface area contributed by atoms with Crippen LogP contribution in [0.4, 0.5) is 13.2 Å². The molecule has 0 aliphatic rings. The normalized spacial score (nSPS) is 12.1. The predicted molar refractivity (Wildman–Crippen MR) is 132 cm³/mol. The van der Waals surface area contributed by atoms with Gasteiger partial charge in [0.05, 0.1) is 5.52 Å². The van der Waals surface area contributed by atoms with Crippen LogP contribution in [-0.2, 0) is 11.3 Å². The number of carboxylic acid groups (broad SMARTS) is 1. The highest BCUT2D eigenvalue weighted by Gasteiger charge is 2.32. The van der Waals surface area contributed by atoms with Crippen molar-refractivity contribution in [1.82, 2.24) is 4.57 Å². The van der Waals surface area contributed by atoms with Crippen molar-refractivity contribution in [3.63, 3.8) is 0 Å². The van der Waals surface area contributed by atoms with Crippen LogP contribution in [0.2, 0.25) is 5.02 Å². The van der Waals surface area contributed by atoms with Crippen LogP contribution in [0.5, 0.6) is 11.5 Å². The van der Waals surface area contributed by atoms with Crippen LogP contribution in [0, 0.1) is 6.92 Å². The van der Waals surface area contributed by atoms with E-state index in [4.69, 9.17) is 16.3 Å². The highest BCUT2D eigenvalue weighted by Crippen LogP contribution is 2.38. The Labute approximate surface area is 210 Å². The molecule has 4 rings (SSSR count). The Bertz CT molecular complexity index is 1430. The lowest BCUT2D eigenvalue weighted by atomic mass is 10.0. The minimum atomic E-state index is -4.82. The van der Waals surface area contributed by atoms with E-state index in [1.807, 2.05) is 29.7 Å². The summed E-state index contributed by atoms with van der Waals surface area (Å²) in [5.74, 6) is -1.06. The summed E-state index contributed by atoms with van der Waals surface area (Å²) in [6.45, 7) is 5.09. The minimum Gasteiger partial charge on any atom is -0.478 e. The third-order valence-electron chi connectivity index (χ3n) is 5.79. The molecule has 1 N–H and O–H groups in total. The third-order valence-corrected chi connectivity index (χ3v) is 6.04. The molecule has 36 heavy (non-hydrogen) atoms. The van der Waals surface area contributed by atoms with Gasteiger partial charge in [-0.1, -0.05) is 35.9 Å². The summed E-state index contributed by atoms with van der Waals surface area (Å²) in [5.41, 5.74) is 2.45. The van der Waals surface area contributed by atoms with Gasteiger partial charge < -0.3 is 19.1 Å². The number of aromatic nitrogens is 1. The Morgan fingerprint density at radius 2 is 1.64 bits per heavy atom. The zero-order valence-electron chi connectivity index (χ0n) is 19.7. The molecule has 1 aromatic heterocycles. The van der Waals surface area contributed by atoms with E-state index in [0.29, 0.717) is 22.8 Å². The number of hydrogen-bond donors (Lipinski definition) is 1. The highest BCUT2D eigenvalue weighted by atomic mass is 35.5. The van der Waals surface area contributed by atoms with E-state index in [-0.39, 0.29) is 5.75 Å². The van der Waals surface area contributed by atoms with Crippen LogP contribution in [0.25, 0.3) is 22.0 Å². The van der Waals surface area contributed by atoms with Crippen LogP contribution >= 0.6 is 11.6 Å². The van der Waals surface area contributed by atoms with Crippen LogP contribution in [0.1, 0.15) is 25.1 Å². The summed E-state index contributed by atoms with van der Waals surface area (Å²) < 4.78 is 50.5. The molecular weight excluding hydrogens is 495 g/mol. The summed E-state index contributed by atoms with van der Waals surface area (Å²) in [4.78, 5) is 11.5. The van der Waals surface area contributed by atoms with E-state index < -0.39 is 17.9 Å². The summed E-state index contributed by atoms with van der Waals surface area (Å²) in [7, 11) is 0. The molecule has 3 aromatic carbocycles. The Morgan fingerprint density at radius 3 is 2.28 bits per heavy atom. The van der Waals surface area contributed by atoms with Crippen molar-refractivity contribution in [2.75, 3.05) is 0 Å². The molecule has 0 spiro atoms. The molecular formula is C27H23ClF3NO4. The first-order valence-corrected chi connectivity index (χ1v) is 11.4. The van der Waals surface area contributed by atoms with Gasteiger partial charge >= 0.3 is 12.3 Å². The Balaban J connectivity index is 1.82. The standard InChI is InChI=1S/C27H23ClF3NO4/c1-16-24(18-7-9-19(28)10-8-18)22-12-11-21(36-27(29,30)31)14-23(22)32(16)15-17-5-4-6-20(13-17)35-26(2,3)25(33)34/h4-14H,15H2,1-3H3,(H,33,34). The zero-order valence-corrected chi connectivity index (χ0v) is 20.4. The van der Waals surface area contributed by atoms with Gasteiger partial charge in [0.25, 0.3) is 0 Å². The van der Waals surface area contributed by atoms with Crippen LogP contribution in [0.3, 0.4) is 0 Å². The first-order chi connectivity index (χ1) is 16.8. The molecule has 0 saturated carbocycles. The fourth-order valence-corrected chi connectivity index (χ4v) is 4.19. The van der Waals surface area contributed by atoms with E-state index in [9.17, 15) is 23.1 Å². The molecule has 0 aliphatic carbocycles. The summed E-state index contributed by atoms with van der Waals surface area (Å²) in [6, 6.07) is 18.4. The number of ether oxygens (including phenoxy) is 2. The second-order valence-corrected chi connectivity index (χ2v) is 9.28. The van der Waals surface area contributed by atoms with Gasteiger partial charge in [-0.05, 0) is 68.3 Å². The number of nitrogens with zero attached hydrogens (tertiary/aromatic N) is 1. The maximum atomic E-state index is 12.9. The molecule has 5 nitrogen and oxygen atoms in total. The summed E-state index contributed by atoms with van der Waals surface area (Å²) in [5, 5.41) is 10.7. The maximum absolute atomic E-state index is 12.9. The van der Waals surface area contributed by atoms with E-state index in [0.717, 1.165) is 27.8 Å². The highest BCUT2D eigenvalue weighted by molar-refractivity contribution is 6.30. The van der Waals surface area contributed by atoms with Crippen molar-refractivity contribution < 1.29 is 32.5 Å². The Kier molecular flexibility index (Phi) is 6.66. The van der Waals surface area contributed by atoms with Crippen molar-refractivity contribution in [3.8, 4) is 22.6 Å². The van der Waals surface area contributed by atoms with Gasteiger partial charge in [-0.25, -0.2) is 4.79 Å². The summed E-state index contributed by atoms with van der Waals surface area (Å²) >= 11 is 6.06. The lowest BCUT2D eigenvalue weighted by Crippen LogP contribution is -2.37. The van der Waals surface area contributed by atoms with Gasteiger partial charge in [0.15, 0.2) is 5.60 Å². The third kappa shape index (κ3) is 5.44. The zero-order chi connectivity index (χ0) is 26.3. The fraction of sp³-hybridized carbons (Fsp3) is 0.222. The van der Waals surface area contributed by atoms with E-state index in [2.05, 4.69) is 4.74 Å². The molecule has 0 saturated heterocycles. The number of hydrogen-bond acceptors (Lipinski definition) is 3. The largest absolute Gasteiger partial charge is 0.573 e. The smallest absolute Gasteiger partial charge is 0.478 e. The average Bonchev–Trinajstić information content (AvgIpc) is 3.04. The van der Waals surface area contributed by atoms with Crippen LogP contribution in [0.15, 0.2) is 66.7 Å². The van der Waals surface area contributed by atoms with Gasteiger partial charge in [-0.2, -0.15) is 0 Å². The van der Waals surface area contributed by atoms with E-state index in [1.165, 1.54) is 26.0 Å². The SMILES string of the molecule is Cc1c(-c2ccc(Cl)cc2)c2ccc(OC(F)(F)F)cc2n1Cc1cccc(OC(C)(C)C(=O)O)c1. The predicted octanol–water partition coefficient (Wildman–Crippen LogP) is 7.46. The van der Waals surface area contributed by atoms with Crippen LogP contribution in [-0.4, -0.2) is 27.6 Å². The minimum absolute atomic E-state index is 0.302. The quantitative estimate of drug-likeness (QED) is 0.276. The molecule has 0 radical (unpaired) electrons. The molecule has 9 heteroatoms. The lowest BCUT2D eigenvalue weighted by Gasteiger charge is -2.22. The first-order valence-electron chi connectivity index (χ1n) is 11.0. The number of benzene rings is 3. The average molecular weight is 518 g/mol. The molecule has 4 aromatic rings. The number of halogens is 4. The first kappa shape index (κ1) is 25.4. The Hall–Kier alpha value is -3.65. The van der Waals surface area contributed by atoms with Crippen molar-refractivity contribution in [1.29, 1.82) is 0 Å². The number of rotatable bonds is 7. The van der Waals surface area contributed by atoms with Gasteiger partial charge in [-0.3, -0.25) is 0 Å².